The minimum absolute atomic E-state index is 0.00576. The summed E-state index contributed by atoms with van der Waals surface area (Å²) >= 11 is 8.30. The summed E-state index contributed by atoms with van der Waals surface area (Å²) in [6.07, 6.45) is 0.779. The van der Waals surface area contributed by atoms with E-state index in [0.717, 1.165) is 22.1 Å². The second-order valence-corrected chi connectivity index (χ2v) is 6.04. The molecule has 0 aromatic heterocycles. The molecule has 0 bridgehead atoms. The molecule has 0 radical (unpaired) electrons. The van der Waals surface area contributed by atoms with Crippen molar-refractivity contribution < 1.29 is 4.79 Å². The Kier molecular flexibility index (Phi) is 4.87. The molecule has 0 unspecified atom stereocenters. The van der Waals surface area contributed by atoms with Crippen LogP contribution in [0.2, 0.25) is 0 Å². The number of anilines is 1. The predicted molar refractivity (Wildman–Crippen MR) is 82.7 cm³/mol. The van der Waals surface area contributed by atoms with Gasteiger partial charge in [0.1, 0.15) is 4.99 Å². The van der Waals surface area contributed by atoms with Crippen LogP contribution in [-0.4, -0.2) is 10.9 Å². The van der Waals surface area contributed by atoms with E-state index in [1.807, 2.05) is 20.8 Å². The van der Waals surface area contributed by atoms with Crippen LogP contribution < -0.4 is 11.1 Å². The predicted octanol–water partition coefficient (Wildman–Crippen LogP) is 3.46. The molecule has 0 aliphatic carbocycles. The number of nitrogens with one attached hydrogen (secondary N) is 1. The molecule has 0 heterocycles. The van der Waals surface area contributed by atoms with Crippen LogP contribution in [0.25, 0.3) is 0 Å². The highest BCUT2D eigenvalue weighted by molar-refractivity contribution is 9.10. The Balaban J connectivity index is 2.93. The smallest absolute Gasteiger partial charge is 0.230 e. The van der Waals surface area contributed by atoms with E-state index in [1.54, 1.807) is 18.2 Å². The molecule has 0 saturated heterocycles. The first-order valence-corrected chi connectivity index (χ1v) is 6.89. The number of thiocarbonyl (C=S) groups is 1. The highest BCUT2D eigenvalue weighted by Crippen LogP contribution is 2.27. The van der Waals surface area contributed by atoms with E-state index < -0.39 is 0 Å². The molecule has 0 spiro atoms. The third-order valence-corrected chi connectivity index (χ3v) is 3.89. The van der Waals surface area contributed by atoms with Gasteiger partial charge in [-0.2, -0.15) is 0 Å². The van der Waals surface area contributed by atoms with Crippen LogP contribution in [-0.2, 0) is 4.79 Å². The van der Waals surface area contributed by atoms with Crippen LogP contribution in [0.15, 0.2) is 22.7 Å². The fraction of sp³-hybridized carbons (Fsp3) is 0.385. The summed E-state index contributed by atoms with van der Waals surface area (Å²) in [5.74, 6) is -0.00576. The molecule has 0 atom stereocenters. The van der Waals surface area contributed by atoms with Crippen molar-refractivity contribution in [2.45, 2.75) is 27.2 Å². The molecule has 1 aromatic rings. The Hall–Kier alpha value is -0.940. The van der Waals surface area contributed by atoms with Crippen molar-refractivity contribution in [3.8, 4) is 0 Å². The minimum atomic E-state index is -0.388. The maximum absolute atomic E-state index is 12.1. The third kappa shape index (κ3) is 3.53. The van der Waals surface area contributed by atoms with Gasteiger partial charge in [0.15, 0.2) is 0 Å². The molecule has 0 aliphatic heterocycles. The molecule has 3 nitrogen and oxygen atoms in total. The first-order chi connectivity index (χ1) is 8.27. The summed E-state index contributed by atoms with van der Waals surface area (Å²) in [5, 5.41) is 2.90. The number of carbonyl (C=O) groups is 1. The number of benzene rings is 1. The molecule has 1 amide bonds. The second kappa shape index (κ2) is 5.80. The van der Waals surface area contributed by atoms with E-state index >= 15 is 0 Å². The molecular formula is C13H17BrN2OS. The topological polar surface area (TPSA) is 55.1 Å². The zero-order valence-electron chi connectivity index (χ0n) is 10.7. The molecule has 18 heavy (non-hydrogen) atoms. The number of carbonyl (C=O) groups excluding carboxylic acids is 1. The van der Waals surface area contributed by atoms with Crippen molar-refractivity contribution in [3.05, 3.63) is 28.2 Å². The SMILES string of the molecule is CCC(C)(C)C(=O)Nc1ccc(C(N)=S)cc1Br. The maximum Gasteiger partial charge on any atom is 0.230 e. The molecule has 1 rings (SSSR count). The zero-order chi connectivity index (χ0) is 13.9. The monoisotopic (exact) mass is 328 g/mol. The standard InChI is InChI=1S/C13H17BrN2OS/c1-4-13(2,3)12(17)16-10-6-5-8(11(15)18)7-9(10)14/h5-7H,4H2,1-3H3,(H2,15,18)(H,16,17). The van der Waals surface area contributed by atoms with Gasteiger partial charge in [0.2, 0.25) is 5.91 Å². The fourth-order valence-electron chi connectivity index (χ4n) is 1.22. The average molecular weight is 329 g/mol. The van der Waals surface area contributed by atoms with Crippen molar-refractivity contribution in [3.63, 3.8) is 0 Å². The molecule has 5 heteroatoms. The molecule has 0 aliphatic rings. The van der Waals surface area contributed by atoms with Crippen molar-refractivity contribution in [1.82, 2.24) is 0 Å². The van der Waals surface area contributed by atoms with Gasteiger partial charge in [-0.15, -0.1) is 0 Å². The van der Waals surface area contributed by atoms with Crippen LogP contribution >= 0.6 is 28.1 Å². The lowest BCUT2D eigenvalue weighted by Crippen LogP contribution is -2.30. The van der Waals surface area contributed by atoms with Gasteiger partial charge in [0.05, 0.1) is 5.69 Å². The molecule has 98 valence electrons. The van der Waals surface area contributed by atoms with Crippen molar-refractivity contribution in [2.75, 3.05) is 5.32 Å². The number of rotatable bonds is 4. The molecule has 0 fully saturated rings. The number of halogens is 1. The average Bonchev–Trinajstić information content (AvgIpc) is 2.31. The van der Waals surface area contributed by atoms with Gasteiger partial charge in [-0.05, 0) is 40.5 Å². The summed E-state index contributed by atoms with van der Waals surface area (Å²) < 4.78 is 0.771. The largest absolute Gasteiger partial charge is 0.389 e. The van der Waals surface area contributed by atoms with Crippen LogP contribution in [0.3, 0.4) is 0 Å². The van der Waals surface area contributed by atoms with E-state index in [9.17, 15) is 4.79 Å². The lowest BCUT2D eigenvalue weighted by molar-refractivity contribution is -0.124. The lowest BCUT2D eigenvalue weighted by atomic mass is 9.89. The molecule has 0 saturated carbocycles. The number of hydrogen-bond donors (Lipinski definition) is 2. The Morgan fingerprint density at radius 3 is 2.56 bits per heavy atom. The van der Waals surface area contributed by atoms with E-state index in [-0.39, 0.29) is 11.3 Å². The van der Waals surface area contributed by atoms with E-state index in [0.29, 0.717) is 4.99 Å². The number of nitrogens with two attached hydrogens (primary N) is 1. The third-order valence-electron chi connectivity index (χ3n) is 3.00. The summed E-state index contributed by atoms with van der Waals surface area (Å²) in [6.45, 7) is 5.82. The summed E-state index contributed by atoms with van der Waals surface area (Å²) in [5.41, 5.74) is 6.65. The fourth-order valence-corrected chi connectivity index (χ4v) is 1.83. The lowest BCUT2D eigenvalue weighted by Gasteiger charge is -2.22. The number of hydrogen-bond acceptors (Lipinski definition) is 2. The molecule has 3 N–H and O–H groups in total. The zero-order valence-corrected chi connectivity index (χ0v) is 13.1. The number of amides is 1. The van der Waals surface area contributed by atoms with Crippen molar-refractivity contribution in [1.29, 1.82) is 0 Å². The van der Waals surface area contributed by atoms with Crippen LogP contribution in [0.1, 0.15) is 32.8 Å². The van der Waals surface area contributed by atoms with Gasteiger partial charge in [-0.3, -0.25) is 4.79 Å². The minimum Gasteiger partial charge on any atom is -0.389 e. The Morgan fingerprint density at radius 2 is 2.11 bits per heavy atom. The summed E-state index contributed by atoms with van der Waals surface area (Å²) in [6, 6.07) is 5.39. The Labute approximate surface area is 121 Å². The van der Waals surface area contributed by atoms with Gasteiger partial charge in [-0.1, -0.05) is 33.0 Å². The highest BCUT2D eigenvalue weighted by Gasteiger charge is 2.25. The maximum atomic E-state index is 12.1. The van der Waals surface area contributed by atoms with Gasteiger partial charge in [-0.25, -0.2) is 0 Å². The molecule has 1 aromatic carbocycles. The quantitative estimate of drug-likeness (QED) is 0.832. The summed E-state index contributed by atoms with van der Waals surface area (Å²) in [4.78, 5) is 12.4. The summed E-state index contributed by atoms with van der Waals surface area (Å²) in [7, 11) is 0. The second-order valence-electron chi connectivity index (χ2n) is 4.75. The first kappa shape index (κ1) is 15.1. The highest BCUT2D eigenvalue weighted by atomic mass is 79.9. The van der Waals surface area contributed by atoms with Gasteiger partial charge < -0.3 is 11.1 Å². The molecular weight excluding hydrogens is 312 g/mol. The van der Waals surface area contributed by atoms with E-state index in [1.165, 1.54) is 0 Å². The van der Waals surface area contributed by atoms with Crippen LogP contribution in [0.5, 0.6) is 0 Å². The Bertz CT molecular complexity index is 486. The van der Waals surface area contributed by atoms with Gasteiger partial charge in [0, 0.05) is 15.5 Å². The Morgan fingerprint density at radius 1 is 1.50 bits per heavy atom. The van der Waals surface area contributed by atoms with Crippen LogP contribution in [0, 0.1) is 5.41 Å². The van der Waals surface area contributed by atoms with Crippen molar-refractivity contribution in [2.24, 2.45) is 11.1 Å². The normalized spacial score (nSPS) is 11.1. The van der Waals surface area contributed by atoms with Crippen molar-refractivity contribution >= 4 is 44.7 Å². The van der Waals surface area contributed by atoms with E-state index in [2.05, 4.69) is 21.2 Å². The van der Waals surface area contributed by atoms with Crippen LogP contribution in [0.4, 0.5) is 5.69 Å². The first-order valence-electron chi connectivity index (χ1n) is 5.68. The van der Waals surface area contributed by atoms with Gasteiger partial charge >= 0.3 is 0 Å². The van der Waals surface area contributed by atoms with E-state index in [4.69, 9.17) is 18.0 Å². The van der Waals surface area contributed by atoms with Gasteiger partial charge in [0.25, 0.3) is 0 Å².